The van der Waals surface area contributed by atoms with Gasteiger partial charge in [-0.3, -0.25) is 0 Å². The van der Waals surface area contributed by atoms with Gasteiger partial charge in [0.25, 0.3) is 0 Å². The number of furan rings is 1. The van der Waals surface area contributed by atoms with Crippen molar-refractivity contribution in [2.45, 2.75) is 6.92 Å². The van der Waals surface area contributed by atoms with Gasteiger partial charge in [0.2, 0.25) is 0 Å². The third kappa shape index (κ3) is 2.90. The average molecular weight is 360 g/mol. The van der Waals surface area contributed by atoms with Crippen LogP contribution in [0.15, 0.2) is 59.0 Å². The number of fused-ring (bicyclic) bond motifs is 1. The summed E-state index contributed by atoms with van der Waals surface area (Å²) in [5, 5.41) is 10.2. The molecular formula is C21H14ClN3O. The first-order chi connectivity index (χ1) is 12.7. The van der Waals surface area contributed by atoms with Crippen molar-refractivity contribution in [3.8, 4) is 17.4 Å². The molecule has 126 valence electrons. The third-order valence-corrected chi connectivity index (χ3v) is 4.62. The van der Waals surface area contributed by atoms with Crippen LogP contribution in [-0.2, 0) is 0 Å². The maximum atomic E-state index is 9.53. The highest BCUT2D eigenvalue weighted by Crippen LogP contribution is 2.30. The van der Waals surface area contributed by atoms with Crippen LogP contribution in [0.1, 0.15) is 17.1 Å². The van der Waals surface area contributed by atoms with Crippen molar-refractivity contribution in [3.05, 3.63) is 76.8 Å². The van der Waals surface area contributed by atoms with Crippen LogP contribution in [0.5, 0.6) is 0 Å². The van der Waals surface area contributed by atoms with Gasteiger partial charge in [0.1, 0.15) is 23.4 Å². The molecule has 0 saturated carbocycles. The fourth-order valence-corrected chi connectivity index (χ4v) is 3.00. The Balaban J connectivity index is 1.72. The van der Waals surface area contributed by atoms with E-state index in [1.807, 2.05) is 61.5 Å². The molecule has 0 saturated heterocycles. The zero-order valence-electron chi connectivity index (χ0n) is 14.0. The lowest BCUT2D eigenvalue weighted by atomic mass is 10.1. The van der Waals surface area contributed by atoms with E-state index in [1.54, 1.807) is 6.08 Å². The van der Waals surface area contributed by atoms with E-state index in [4.69, 9.17) is 16.0 Å². The van der Waals surface area contributed by atoms with Crippen molar-refractivity contribution in [1.29, 1.82) is 5.26 Å². The van der Waals surface area contributed by atoms with Gasteiger partial charge in [-0.15, -0.1) is 0 Å². The molecular weight excluding hydrogens is 346 g/mol. The molecule has 5 heteroatoms. The van der Waals surface area contributed by atoms with Crippen molar-refractivity contribution in [3.63, 3.8) is 0 Å². The van der Waals surface area contributed by atoms with E-state index in [2.05, 4.69) is 16.0 Å². The molecule has 4 aromatic rings. The second kappa shape index (κ2) is 6.55. The molecule has 0 aliphatic rings. The van der Waals surface area contributed by atoms with Gasteiger partial charge in [-0.1, -0.05) is 35.9 Å². The Labute approximate surface area is 155 Å². The van der Waals surface area contributed by atoms with E-state index in [0.29, 0.717) is 27.9 Å². The van der Waals surface area contributed by atoms with Crippen LogP contribution in [-0.4, -0.2) is 9.97 Å². The molecule has 0 amide bonds. The summed E-state index contributed by atoms with van der Waals surface area (Å²) in [4.78, 5) is 7.63. The molecule has 4 rings (SSSR count). The molecule has 0 radical (unpaired) electrons. The van der Waals surface area contributed by atoms with Crippen LogP contribution in [0, 0.1) is 18.3 Å². The first kappa shape index (κ1) is 16.2. The zero-order valence-corrected chi connectivity index (χ0v) is 14.7. The Bertz CT molecular complexity index is 1140. The maximum Gasteiger partial charge on any atom is 0.149 e. The minimum absolute atomic E-state index is 0.407. The van der Waals surface area contributed by atoms with Gasteiger partial charge < -0.3 is 9.40 Å². The monoisotopic (exact) mass is 359 g/mol. The molecule has 0 bridgehead atoms. The van der Waals surface area contributed by atoms with Gasteiger partial charge in [-0.2, -0.15) is 5.26 Å². The van der Waals surface area contributed by atoms with Crippen molar-refractivity contribution in [1.82, 2.24) is 9.97 Å². The number of nitriles is 1. The number of hydrogen-bond acceptors (Lipinski definition) is 3. The average Bonchev–Trinajstić information content (AvgIpc) is 3.28. The van der Waals surface area contributed by atoms with Gasteiger partial charge in [0, 0.05) is 16.7 Å². The predicted molar refractivity (Wildman–Crippen MR) is 103 cm³/mol. The Hall–Kier alpha value is -3.29. The maximum absolute atomic E-state index is 9.53. The second-order valence-electron chi connectivity index (χ2n) is 5.89. The number of benzene rings is 2. The Morgan fingerprint density at radius 3 is 2.81 bits per heavy atom. The highest BCUT2D eigenvalue weighted by atomic mass is 35.5. The van der Waals surface area contributed by atoms with E-state index in [0.717, 1.165) is 22.2 Å². The number of imidazole rings is 1. The summed E-state index contributed by atoms with van der Waals surface area (Å²) in [7, 11) is 0. The van der Waals surface area contributed by atoms with Crippen LogP contribution in [0.4, 0.5) is 0 Å². The summed E-state index contributed by atoms with van der Waals surface area (Å²) in [5.74, 6) is 1.81. The number of nitrogens with zero attached hydrogens (tertiary/aromatic N) is 2. The third-order valence-electron chi connectivity index (χ3n) is 4.21. The summed E-state index contributed by atoms with van der Waals surface area (Å²) < 4.78 is 5.91. The number of aromatic nitrogens is 2. The molecule has 0 unspecified atom stereocenters. The number of H-pyrrole nitrogens is 1. The number of hydrogen-bond donors (Lipinski definition) is 1. The lowest BCUT2D eigenvalue weighted by Crippen LogP contribution is -1.84. The Morgan fingerprint density at radius 1 is 1.15 bits per heavy atom. The van der Waals surface area contributed by atoms with E-state index in [1.165, 1.54) is 0 Å². The number of para-hydroxylation sites is 2. The van der Waals surface area contributed by atoms with Crippen LogP contribution in [0.25, 0.3) is 34.0 Å². The van der Waals surface area contributed by atoms with Crippen LogP contribution in [0.2, 0.25) is 5.02 Å². The van der Waals surface area contributed by atoms with Crippen molar-refractivity contribution in [2.24, 2.45) is 0 Å². The molecule has 26 heavy (non-hydrogen) atoms. The second-order valence-corrected chi connectivity index (χ2v) is 6.29. The summed E-state index contributed by atoms with van der Waals surface area (Å²) in [6, 6.07) is 19.2. The SMILES string of the molecule is Cc1c(Cl)cccc1-c1ccc(/C=C(\C#N)c2nc3ccccc3[nH]2)o1. The number of aromatic amines is 1. The quantitative estimate of drug-likeness (QED) is 0.466. The number of allylic oxidation sites excluding steroid dienone is 1. The smallest absolute Gasteiger partial charge is 0.149 e. The van der Waals surface area contributed by atoms with Crippen LogP contribution >= 0.6 is 11.6 Å². The first-order valence-corrected chi connectivity index (χ1v) is 8.46. The van der Waals surface area contributed by atoms with Gasteiger partial charge in [0.15, 0.2) is 0 Å². The van der Waals surface area contributed by atoms with Crippen molar-refractivity contribution >= 4 is 34.3 Å². The van der Waals surface area contributed by atoms with Gasteiger partial charge >= 0.3 is 0 Å². The number of nitrogens with one attached hydrogen (secondary N) is 1. The summed E-state index contributed by atoms with van der Waals surface area (Å²) in [6.45, 7) is 1.95. The van der Waals surface area contributed by atoms with Gasteiger partial charge in [-0.25, -0.2) is 4.98 Å². The lowest BCUT2D eigenvalue weighted by molar-refractivity contribution is 0.571. The minimum atomic E-state index is 0.407. The molecule has 0 aliphatic heterocycles. The van der Waals surface area contributed by atoms with Gasteiger partial charge in [-0.05, 0) is 42.8 Å². The fraction of sp³-hybridized carbons (Fsp3) is 0.0476. The van der Waals surface area contributed by atoms with E-state index < -0.39 is 0 Å². The number of rotatable bonds is 3. The molecule has 0 atom stereocenters. The highest BCUT2D eigenvalue weighted by Gasteiger charge is 2.11. The van der Waals surface area contributed by atoms with Crippen LogP contribution in [0.3, 0.4) is 0 Å². The topological polar surface area (TPSA) is 65.6 Å². The molecule has 2 heterocycles. The molecule has 1 N–H and O–H groups in total. The summed E-state index contributed by atoms with van der Waals surface area (Å²) in [5.41, 5.74) is 4.00. The molecule has 0 fully saturated rings. The summed E-state index contributed by atoms with van der Waals surface area (Å²) in [6.07, 6.45) is 1.68. The standard InChI is InChI=1S/C21H14ClN3O/c1-13-16(5-4-6-17(13)22)20-10-9-15(26-20)11-14(12-23)21-24-18-7-2-3-8-19(18)25-21/h2-11H,1H3,(H,24,25)/b14-11+. The first-order valence-electron chi connectivity index (χ1n) is 8.08. The molecule has 2 aromatic heterocycles. The Morgan fingerprint density at radius 2 is 2.00 bits per heavy atom. The van der Waals surface area contributed by atoms with E-state index in [-0.39, 0.29) is 0 Å². The molecule has 2 aromatic carbocycles. The van der Waals surface area contributed by atoms with Crippen molar-refractivity contribution < 1.29 is 4.42 Å². The van der Waals surface area contributed by atoms with Gasteiger partial charge in [0.05, 0.1) is 16.6 Å². The molecule has 0 aliphatic carbocycles. The minimum Gasteiger partial charge on any atom is -0.457 e. The summed E-state index contributed by atoms with van der Waals surface area (Å²) >= 11 is 6.19. The Kier molecular flexibility index (Phi) is 4.08. The fourth-order valence-electron chi connectivity index (χ4n) is 2.83. The largest absolute Gasteiger partial charge is 0.457 e. The van der Waals surface area contributed by atoms with Crippen LogP contribution < -0.4 is 0 Å². The highest BCUT2D eigenvalue weighted by molar-refractivity contribution is 6.31. The van der Waals surface area contributed by atoms with Crippen molar-refractivity contribution in [2.75, 3.05) is 0 Å². The van der Waals surface area contributed by atoms with E-state index in [9.17, 15) is 5.26 Å². The molecule has 4 nitrogen and oxygen atoms in total. The van der Waals surface area contributed by atoms with E-state index >= 15 is 0 Å². The number of halogens is 1. The predicted octanol–water partition coefficient (Wildman–Crippen LogP) is 5.85. The lowest BCUT2D eigenvalue weighted by Gasteiger charge is -2.03. The molecule has 0 spiro atoms. The normalized spacial score (nSPS) is 11.7. The zero-order chi connectivity index (χ0) is 18.1.